The molecule has 5 heteroatoms. The number of pyridine rings is 2. The Morgan fingerprint density at radius 2 is 1.76 bits per heavy atom. The summed E-state index contributed by atoms with van der Waals surface area (Å²) in [5.74, 6) is 1.25. The van der Waals surface area contributed by atoms with Gasteiger partial charge in [0, 0.05) is 17.4 Å². The fourth-order valence-corrected chi connectivity index (χ4v) is 2.75. The molecule has 2 heterocycles. The zero-order valence-corrected chi connectivity index (χ0v) is 13.9. The Kier molecular flexibility index (Phi) is 3.96. The molecule has 4 rings (SSSR count). The largest absolute Gasteiger partial charge is 0.457 e. The summed E-state index contributed by atoms with van der Waals surface area (Å²) >= 11 is 5.88. The molecule has 0 saturated carbocycles. The van der Waals surface area contributed by atoms with Crippen LogP contribution in [-0.2, 0) is 0 Å². The molecule has 0 unspecified atom stereocenters. The van der Waals surface area contributed by atoms with Gasteiger partial charge in [-0.1, -0.05) is 17.7 Å². The number of nitrogens with zero attached hydrogens (tertiary/aromatic N) is 2. The van der Waals surface area contributed by atoms with Gasteiger partial charge in [0.1, 0.15) is 11.5 Å². The third-order valence-corrected chi connectivity index (χ3v) is 4.10. The van der Waals surface area contributed by atoms with E-state index in [0.717, 1.165) is 11.1 Å². The van der Waals surface area contributed by atoms with Gasteiger partial charge < -0.3 is 4.74 Å². The smallest absolute Gasteiger partial charge is 0.263 e. The van der Waals surface area contributed by atoms with E-state index in [1.807, 2.05) is 24.3 Å². The topological polar surface area (TPSA) is 44.1 Å². The summed E-state index contributed by atoms with van der Waals surface area (Å²) in [7, 11) is 0. The van der Waals surface area contributed by atoms with E-state index >= 15 is 0 Å². The van der Waals surface area contributed by atoms with Crippen molar-refractivity contribution in [2.24, 2.45) is 0 Å². The summed E-state index contributed by atoms with van der Waals surface area (Å²) in [6.07, 6.45) is 5.08. The number of benzene rings is 2. The lowest BCUT2D eigenvalue weighted by Gasteiger charge is -2.09. The minimum Gasteiger partial charge on any atom is -0.457 e. The highest BCUT2D eigenvalue weighted by Crippen LogP contribution is 2.25. The number of aromatic nitrogens is 2. The Hall–Kier alpha value is -3.11. The molecule has 0 aliphatic heterocycles. The standard InChI is InChI=1S/C20H13ClN2O2/c21-15-4-7-17(8-5-15)25-18-6-3-14-9-11-23(20(24)19(14)12-18)16-2-1-10-22-13-16/h1-13H. The lowest BCUT2D eigenvalue weighted by molar-refractivity contribution is 0.483. The summed E-state index contributed by atoms with van der Waals surface area (Å²) in [5, 5.41) is 2.08. The van der Waals surface area contributed by atoms with Crippen LogP contribution in [0.1, 0.15) is 0 Å². The Labute approximate surface area is 148 Å². The molecule has 2 aromatic carbocycles. The van der Waals surface area contributed by atoms with Crippen LogP contribution in [0.25, 0.3) is 16.5 Å². The van der Waals surface area contributed by atoms with Crippen molar-refractivity contribution in [3.63, 3.8) is 0 Å². The van der Waals surface area contributed by atoms with Gasteiger partial charge in [-0.05, 0) is 60.0 Å². The van der Waals surface area contributed by atoms with E-state index in [1.54, 1.807) is 59.6 Å². The third kappa shape index (κ3) is 3.12. The molecule has 4 aromatic rings. The normalized spacial score (nSPS) is 10.8. The van der Waals surface area contributed by atoms with Crippen molar-refractivity contribution in [1.82, 2.24) is 9.55 Å². The van der Waals surface area contributed by atoms with Gasteiger partial charge in [0.2, 0.25) is 0 Å². The van der Waals surface area contributed by atoms with Gasteiger partial charge in [-0.3, -0.25) is 14.3 Å². The Bertz CT molecular complexity index is 1090. The highest BCUT2D eigenvalue weighted by molar-refractivity contribution is 6.30. The minimum absolute atomic E-state index is 0.118. The zero-order chi connectivity index (χ0) is 17.2. The van der Waals surface area contributed by atoms with Gasteiger partial charge in [0.15, 0.2) is 0 Å². The van der Waals surface area contributed by atoms with Crippen molar-refractivity contribution in [2.75, 3.05) is 0 Å². The maximum Gasteiger partial charge on any atom is 0.263 e. The molecule has 0 radical (unpaired) electrons. The van der Waals surface area contributed by atoms with Gasteiger partial charge in [0.05, 0.1) is 17.3 Å². The van der Waals surface area contributed by atoms with Crippen molar-refractivity contribution in [3.8, 4) is 17.2 Å². The van der Waals surface area contributed by atoms with E-state index in [0.29, 0.717) is 21.9 Å². The van der Waals surface area contributed by atoms with Crippen LogP contribution in [-0.4, -0.2) is 9.55 Å². The van der Waals surface area contributed by atoms with Crippen LogP contribution >= 0.6 is 11.6 Å². The van der Waals surface area contributed by atoms with Crippen molar-refractivity contribution in [1.29, 1.82) is 0 Å². The van der Waals surface area contributed by atoms with Crippen LogP contribution in [0.2, 0.25) is 5.02 Å². The van der Waals surface area contributed by atoms with E-state index in [4.69, 9.17) is 16.3 Å². The summed E-state index contributed by atoms with van der Waals surface area (Å²) in [5.41, 5.74) is 0.602. The molecular weight excluding hydrogens is 336 g/mol. The first-order valence-electron chi connectivity index (χ1n) is 7.70. The molecule has 0 amide bonds. The van der Waals surface area contributed by atoms with Crippen LogP contribution in [0.3, 0.4) is 0 Å². The first kappa shape index (κ1) is 15.4. The van der Waals surface area contributed by atoms with Gasteiger partial charge in [-0.25, -0.2) is 0 Å². The monoisotopic (exact) mass is 348 g/mol. The summed E-state index contributed by atoms with van der Waals surface area (Å²) in [6, 6.07) is 18.1. The molecule has 0 fully saturated rings. The number of hydrogen-bond donors (Lipinski definition) is 0. The maximum atomic E-state index is 12.8. The second-order valence-electron chi connectivity index (χ2n) is 5.51. The molecule has 4 nitrogen and oxygen atoms in total. The van der Waals surface area contributed by atoms with Gasteiger partial charge in [-0.2, -0.15) is 0 Å². The fourth-order valence-electron chi connectivity index (χ4n) is 2.62. The molecule has 0 bridgehead atoms. The lowest BCUT2D eigenvalue weighted by atomic mass is 10.1. The quantitative estimate of drug-likeness (QED) is 0.532. The highest BCUT2D eigenvalue weighted by atomic mass is 35.5. The van der Waals surface area contributed by atoms with Crippen LogP contribution in [0.5, 0.6) is 11.5 Å². The fraction of sp³-hybridized carbons (Fsp3) is 0. The van der Waals surface area contributed by atoms with Crippen LogP contribution in [0.15, 0.2) is 84.0 Å². The molecular formula is C20H13ClN2O2. The van der Waals surface area contributed by atoms with Crippen molar-refractivity contribution in [3.05, 3.63) is 94.6 Å². The van der Waals surface area contributed by atoms with Crippen molar-refractivity contribution in [2.45, 2.75) is 0 Å². The second-order valence-corrected chi connectivity index (χ2v) is 5.94. The van der Waals surface area contributed by atoms with Gasteiger partial charge in [-0.15, -0.1) is 0 Å². The molecule has 0 aliphatic carbocycles. The predicted octanol–water partition coefficient (Wildman–Crippen LogP) is 4.83. The molecule has 0 aliphatic rings. The SMILES string of the molecule is O=c1c2cc(Oc3ccc(Cl)cc3)ccc2ccn1-c1cccnc1. The van der Waals surface area contributed by atoms with E-state index in [9.17, 15) is 4.79 Å². The maximum absolute atomic E-state index is 12.8. The predicted molar refractivity (Wildman–Crippen MR) is 98.9 cm³/mol. The van der Waals surface area contributed by atoms with E-state index in [1.165, 1.54) is 0 Å². The number of fused-ring (bicyclic) bond motifs is 1. The number of ether oxygens (including phenoxy) is 1. The first-order valence-corrected chi connectivity index (χ1v) is 8.08. The highest BCUT2D eigenvalue weighted by Gasteiger charge is 2.07. The molecule has 0 N–H and O–H groups in total. The molecule has 0 atom stereocenters. The Balaban J connectivity index is 1.77. The first-order chi connectivity index (χ1) is 12.2. The molecule has 0 spiro atoms. The van der Waals surface area contributed by atoms with Crippen molar-refractivity contribution >= 4 is 22.4 Å². The molecule has 2 aromatic heterocycles. The molecule has 0 saturated heterocycles. The number of rotatable bonds is 3. The van der Waals surface area contributed by atoms with E-state index < -0.39 is 0 Å². The molecule has 122 valence electrons. The van der Waals surface area contributed by atoms with Crippen LogP contribution < -0.4 is 10.3 Å². The Morgan fingerprint density at radius 1 is 0.960 bits per heavy atom. The Morgan fingerprint density at radius 3 is 2.52 bits per heavy atom. The van der Waals surface area contributed by atoms with E-state index in [-0.39, 0.29) is 5.56 Å². The summed E-state index contributed by atoms with van der Waals surface area (Å²) in [4.78, 5) is 16.9. The molecule has 25 heavy (non-hydrogen) atoms. The number of hydrogen-bond acceptors (Lipinski definition) is 3. The minimum atomic E-state index is -0.118. The second kappa shape index (κ2) is 6.42. The average molecular weight is 349 g/mol. The van der Waals surface area contributed by atoms with Crippen LogP contribution in [0, 0.1) is 0 Å². The summed E-state index contributed by atoms with van der Waals surface area (Å²) < 4.78 is 7.39. The summed E-state index contributed by atoms with van der Waals surface area (Å²) in [6.45, 7) is 0. The lowest BCUT2D eigenvalue weighted by Crippen LogP contribution is -2.17. The zero-order valence-electron chi connectivity index (χ0n) is 13.1. The third-order valence-electron chi connectivity index (χ3n) is 3.85. The van der Waals surface area contributed by atoms with E-state index in [2.05, 4.69) is 4.98 Å². The number of halogens is 1. The van der Waals surface area contributed by atoms with Gasteiger partial charge in [0.25, 0.3) is 5.56 Å². The van der Waals surface area contributed by atoms with Crippen LogP contribution in [0.4, 0.5) is 0 Å². The van der Waals surface area contributed by atoms with Gasteiger partial charge >= 0.3 is 0 Å². The average Bonchev–Trinajstić information content (AvgIpc) is 2.65. The van der Waals surface area contributed by atoms with Crippen molar-refractivity contribution < 1.29 is 4.74 Å².